The van der Waals surface area contributed by atoms with E-state index in [4.69, 9.17) is 4.42 Å². The van der Waals surface area contributed by atoms with Crippen LogP contribution < -0.4 is 0 Å². The van der Waals surface area contributed by atoms with E-state index in [1.807, 2.05) is 12.3 Å². The summed E-state index contributed by atoms with van der Waals surface area (Å²) in [5.74, 6) is 3.76. The van der Waals surface area contributed by atoms with Crippen molar-refractivity contribution in [3.05, 3.63) is 24.2 Å². The SMILES string of the molecule is c1coc(C2(N3CCCCC3)CCSCC2)c1. The van der Waals surface area contributed by atoms with Gasteiger partial charge in [-0.2, -0.15) is 11.8 Å². The first-order valence-corrected chi connectivity index (χ1v) is 7.94. The average molecular weight is 251 g/mol. The number of piperidine rings is 1. The lowest BCUT2D eigenvalue weighted by molar-refractivity contribution is 0.0369. The third-order valence-electron chi connectivity index (χ3n) is 4.26. The van der Waals surface area contributed by atoms with E-state index in [1.54, 1.807) is 0 Å². The van der Waals surface area contributed by atoms with Gasteiger partial charge in [0.25, 0.3) is 0 Å². The largest absolute Gasteiger partial charge is 0.467 e. The van der Waals surface area contributed by atoms with Crippen molar-refractivity contribution in [1.82, 2.24) is 4.90 Å². The van der Waals surface area contributed by atoms with Crippen LogP contribution in [0.15, 0.2) is 22.8 Å². The number of thioether (sulfide) groups is 1. The van der Waals surface area contributed by atoms with Crippen LogP contribution in [-0.2, 0) is 5.54 Å². The molecule has 3 rings (SSSR count). The highest BCUT2D eigenvalue weighted by Gasteiger charge is 2.42. The highest BCUT2D eigenvalue weighted by molar-refractivity contribution is 7.99. The van der Waals surface area contributed by atoms with Crippen LogP contribution in [0, 0.1) is 0 Å². The van der Waals surface area contributed by atoms with Gasteiger partial charge in [0.15, 0.2) is 0 Å². The van der Waals surface area contributed by atoms with Gasteiger partial charge in [-0.15, -0.1) is 0 Å². The van der Waals surface area contributed by atoms with Crippen molar-refractivity contribution in [1.29, 1.82) is 0 Å². The molecule has 3 heteroatoms. The average Bonchev–Trinajstić information content (AvgIpc) is 2.95. The molecule has 3 heterocycles. The van der Waals surface area contributed by atoms with Crippen molar-refractivity contribution in [3.8, 4) is 0 Å². The number of hydrogen-bond acceptors (Lipinski definition) is 3. The molecule has 0 atom stereocenters. The lowest BCUT2D eigenvalue weighted by Gasteiger charge is -2.46. The maximum atomic E-state index is 5.78. The minimum Gasteiger partial charge on any atom is -0.467 e. The standard InChI is InChI=1S/C14H21NOS/c1-2-8-15(9-3-1)14(6-11-17-12-7-14)13-5-4-10-16-13/h4-5,10H,1-3,6-9,11-12H2. The zero-order chi connectivity index (χ0) is 11.6. The van der Waals surface area contributed by atoms with Crippen LogP contribution in [0.25, 0.3) is 0 Å². The van der Waals surface area contributed by atoms with E-state index >= 15 is 0 Å². The Morgan fingerprint density at radius 1 is 1.12 bits per heavy atom. The molecule has 0 unspecified atom stereocenters. The fourth-order valence-corrected chi connectivity index (χ4v) is 4.46. The smallest absolute Gasteiger partial charge is 0.124 e. The van der Waals surface area contributed by atoms with Gasteiger partial charge in [0, 0.05) is 0 Å². The molecule has 0 saturated carbocycles. The minimum atomic E-state index is 0.217. The molecule has 0 N–H and O–H groups in total. The molecular formula is C14H21NOS. The fourth-order valence-electron chi connectivity index (χ4n) is 3.29. The molecule has 0 aromatic carbocycles. The summed E-state index contributed by atoms with van der Waals surface area (Å²) in [6, 6.07) is 4.23. The second-order valence-corrected chi connectivity index (χ2v) is 6.39. The maximum absolute atomic E-state index is 5.78. The van der Waals surface area contributed by atoms with Crippen molar-refractivity contribution >= 4 is 11.8 Å². The van der Waals surface area contributed by atoms with Gasteiger partial charge in [0.1, 0.15) is 5.76 Å². The molecule has 0 bridgehead atoms. The van der Waals surface area contributed by atoms with Gasteiger partial charge in [-0.3, -0.25) is 4.90 Å². The first-order valence-electron chi connectivity index (χ1n) is 6.79. The molecule has 1 aromatic heterocycles. The number of furan rings is 1. The third-order valence-corrected chi connectivity index (χ3v) is 5.25. The Bertz CT molecular complexity index is 337. The zero-order valence-electron chi connectivity index (χ0n) is 10.4. The van der Waals surface area contributed by atoms with Crippen LogP contribution >= 0.6 is 11.8 Å². The molecule has 2 aliphatic rings. The van der Waals surface area contributed by atoms with Crippen LogP contribution in [0.5, 0.6) is 0 Å². The quantitative estimate of drug-likeness (QED) is 0.800. The number of nitrogens with zero attached hydrogens (tertiary/aromatic N) is 1. The second-order valence-electron chi connectivity index (χ2n) is 5.17. The third kappa shape index (κ3) is 2.15. The summed E-state index contributed by atoms with van der Waals surface area (Å²) in [7, 11) is 0. The lowest BCUT2D eigenvalue weighted by Crippen LogP contribution is -2.50. The maximum Gasteiger partial charge on any atom is 0.124 e. The van der Waals surface area contributed by atoms with Crippen molar-refractivity contribution in [2.45, 2.75) is 37.6 Å². The lowest BCUT2D eigenvalue weighted by atomic mass is 9.85. The van der Waals surface area contributed by atoms with Crippen LogP contribution in [-0.4, -0.2) is 29.5 Å². The summed E-state index contributed by atoms with van der Waals surface area (Å²) < 4.78 is 5.78. The van der Waals surface area contributed by atoms with E-state index in [-0.39, 0.29) is 5.54 Å². The molecule has 0 radical (unpaired) electrons. The summed E-state index contributed by atoms with van der Waals surface area (Å²) in [5.41, 5.74) is 0.217. The molecule has 94 valence electrons. The molecule has 0 spiro atoms. The first kappa shape index (κ1) is 11.7. The summed E-state index contributed by atoms with van der Waals surface area (Å²) in [6.07, 6.45) is 8.46. The number of rotatable bonds is 2. The van der Waals surface area contributed by atoms with E-state index in [0.717, 1.165) is 0 Å². The Hall–Kier alpha value is -0.410. The van der Waals surface area contributed by atoms with Crippen molar-refractivity contribution in [2.24, 2.45) is 0 Å². The predicted octanol–water partition coefficient (Wildman–Crippen LogP) is 3.49. The Kier molecular flexibility index (Phi) is 3.48. The predicted molar refractivity (Wildman–Crippen MR) is 72.4 cm³/mol. The second kappa shape index (κ2) is 5.07. The molecule has 2 saturated heterocycles. The summed E-state index contributed by atoms with van der Waals surface area (Å²) in [5, 5.41) is 0. The molecule has 2 fully saturated rings. The molecule has 17 heavy (non-hydrogen) atoms. The number of likely N-dealkylation sites (tertiary alicyclic amines) is 1. The van der Waals surface area contributed by atoms with Gasteiger partial charge >= 0.3 is 0 Å². The summed E-state index contributed by atoms with van der Waals surface area (Å²) >= 11 is 2.09. The molecule has 0 aliphatic carbocycles. The van der Waals surface area contributed by atoms with Gasteiger partial charge in [0.2, 0.25) is 0 Å². The van der Waals surface area contributed by atoms with Gasteiger partial charge in [-0.25, -0.2) is 0 Å². The summed E-state index contributed by atoms with van der Waals surface area (Å²) in [4.78, 5) is 2.70. The Balaban J connectivity index is 1.89. The van der Waals surface area contributed by atoms with Gasteiger partial charge in [-0.1, -0.05) is 6.42 Å². The zero-order valence-corrected chi connectivity index (χ0v) is 11.2. The fraction of sp³-hybridized carbons (Fsp3) is 0.714. The monoisotopic (exact) mass is 251 g/mol. The van der Waals surface area contributed by atoms with Crippen molar-refractivity contribution in [2.75, 3.05) is 24.6 Å². The highest BCUT2D eigenvalue weighted by Crippen LogP contribution is 2.42. The van der Waals surface area contributed by atoms with Crippen molar-refractivity contribution in [3.63, 3.8) is 0 Å². The number of hydrogen-bond donors (Lipinski definition) is 0. The van der Waals surface area contributed by atoms with Crippen LogP contribution in [0.2, 0.25) is 0 Å². The topological polar surface area (TPSA) is 16.4 Å². The van der Waals surface area contributed by atoms with Gasteiger partial charge < -0.3 is 4.42 Å². The summed E-state index contributed by atoms with van der Waals surface area (Å²) in [6.45, 7) is 2.51. The minimum absolute atomic E-state index is 0.217. The Labute approximate surface area is 108 Å². The molecule has 2 nitrogen and oxygen atoms in total. The highest BCUT2D eigenvalue weighted by atomic mass is 32.2. The van der Waals surface area contributed by atoms with Crippen LogP contribution in [0.1, 0.15) is 37.9 Å². The molecule has 2 aliphatic heterocycles. The van der Waals surface area contributed by atoms with Crippen molar-refractivity contribution < 1.29 is 4.42 Å². The Morgan fingerprint density at radius 2 is 1.88 bits per heavy atom. The normalized spacial score (nSPS) is 25.9. The van der Waals surface area contributed by atoms with Crippen LogP contribution in [0.3, 0.4) is 0 Å². The van der Waals surface area contributed by atoms with E-state index in [2.05, 4.69) is 22.7 Å². The van der Waals surface area contributed by atoms with Crippen LogP contribution in [0.4, 0.5) is 0 Å². The van der Waals surface area contributed by atoms with E-state index in [9.17, 15) is 0 Å². The van der Waals surface area contributed by atoms with E-state index in [0.29, 0.717) is 0 Å². The molecule has 1 aromatic rings. The van der Waals surface area contributed by atoms with Gasteiger partial charge in [-0.05, 0) is 62.4 Å². The van der Waals surface area contributed by atoms with E-state index < -0.39 is 0 Å². The molecular weight excluding hydrogens is 230 g/mol. The van der Waals surface area contributed by atoms with Gasteiger partial charge in [0.05, 0.1) is 11.8 Å². The Morgan fingerprint density at radius 3 is 2.53 bits per heavy atom. The van der Waals surface area contributed by atoms with E-state index in [1.165, 1.54) is 62.5 Å². The first-order chi connectivity index (χ1) is 8.42. The molecule has 0 amide bonds.